The summed E-state index contributed by atoms with van der Waals surface area (Å²) >= 11 is 1.32. The zero-order valence-electron chi connectivity index (χ0n) is 10.7. The van der Waals surface area contributed by atoms with Crippen LogP contribution in [0.15, 0.2) is 5.38 Å². The molecule has 0 radical (unpaired) electrons. The van der Waals surface area contributed by atoms with Crippen LogP contribution in [0.2, 0.25) is 0 Å². The predicted molar refractivity (Wildman–Crippen MR) is 70.6 cm³/mol. The van der Waals surface area contributed by atoms with E-state index >= 15 is 0 Å². The first-order valence-electron chi connectivity index (χ1n) is 5.96. The van der Waals surface area contributed by atoms with E-state index in [1.807, 2.05) is 0 Å². The number of nitrogens with one attached hydrogen (secondary N) is 1. The molecule has 18 heavy (non-hydrogen) atoms. The summed E-state index contributed by atoms with van der Waals surface area (Å²) in [6.45, 7) is 2.10. The van der Waals surface area contributed by atoms with Gasteiger partial charge >= 0.3 is 5.97 Å². The van der Waals surface area contributed by atoms with Crippen molar-refractivity contribution in [1.82, 2.24) is 4.98 Å². The monoisotopic (exact) mass is 270 g/mol. The van der Waals surface area contributed by atoms with Crippen LogP contribution in [0.3, 0.4) is 0 Å². The molecule has 0 bridgehead atoms. The van der Waals surface area contributed by atoms with E-state index in [1.165, 1.54) is 18.4 Å². The third kappa shape index (κ3) is 5.27. The number of methoxy groups -OCH3 is 1. The lowest BCUT2D eigenvalue weighted by Gasteiger charge is -2.00. The van der Waals surface area contributed by atoms with Gasteiger partial charge in [0.15, 0.2) is 5.13 Å². The van der Waals surface area contributed by atoms with Crippen LogP contribution in [0.25, 0.3) is 0 Å². The smallest absolute Gasteiger partial charge is 0.311 e. The molecule has 100 valence electrons. The number of rotatable bonds is 7. The average Bonchev–Trinajstić information content (AvgIpc) is 2.76. The first kappa shape index (κ1) is 14.6. The average molecular weight is 270 g/mol. The van der Waals surface area contributed by atoms with Crippen molar-refractivity contribution in [3.8, 4) is 0 Å². The molecule has 5 nitrogen and oxygen atoms in total. The summed E-state index contributed by atoms with van der Waals surface area (Å²) in [6, 6.07) is 0. The first-order chi connectivity index (χ1) is 8.65. The van der Waals surface area contributed by atoms with Gasteiger partial charge < -0.3 is 10.1 Å². The Labute approximate surface area is 111 Å². The van der Waals surface area contributed by atoms with Crippen LogP contribution in [0.4, 0.5) is 5.13 Å². The minimum Gasteiger partial charge on any atom is -0.469 e. The Balaban J connectivity index is 2.38. The van der Waals surface area contributed by atoms with Crippen molar-refractivity contribution in [2.75, 3.05) is 12.4 Å². The van der Waals surface area contributed by atoms with Gasteiger partial charge in [-0.05, 0) is 6.42 Å². The minimum atomic E-state index is -0.332. The molecule has 1 amide bonds. The third-order valence-electron chi connectivity index (χ3n) is 2.36. The number of nitrogens with zero attached hydrogens (tertiary/aromatic N) is 1. The Morgan fingerprint density at radius 2 is 2.22 bits per heavy atom. The van der Waals surface area contributed by atoms with E-state index in [2.05, 4.69) is 22.0 Å². The summed E-state index contributed by atoms with van der Waals surface area (Å²) in [5.74, 6) is -0.358. The maximum Gasteiger partial charge on any atom is 0.311 e. The summed E-state index contributed by atoms with van der Waals surface area (Å²) in [6.07, 6.45) is 3.69. The highest BCUT2D eigenvalue weighted by molar-refractivity contribution is 7.13. The second-order valence-electron chi connectivity index (χ2n) is 3.90. The normalized spacial score (nSPS) is 10.1. The molecule has 0 aliphatic rings. The Bertz CT molecular complexity index is 404. The van der Waals surface area contributed by atoms with Crippen molar-refractivity contribution in [2.24, 2.45) is 0 Å². The van der Waals surface area contributed by atoms with Crippen LogP contribution >= 0.6 is 11.3 Å². The largest absolute Gasteiger partial charge is 0.469 e. The SMILES string of the molecule is CCCCCC(=O)Nc1nc(CC(=O)OC)cs1. The molecule has 0 saturated heterocycles. The molecule has 1 N–H and O–H groups in total. The molecule has 0 aliphatic carbocycles. The maximum atomic E-state index is 11.5. The first-order valence-corrected chi connectivity index (χ1v) is 6.84. The summed E-state index contributed by atoms with van der Waals surface area (Å²) in [7, 11) is 1.34. The number of ether oxygens (including phenoxy) is 1. The van der Waals surface area contributed by atoms with Gasteiger partial charge in [-0.2, -0.15) is 0 Å². The molecule has 1 aromatic rings. The molecule has 0 aromatic carbocycles. The van der Waals surface area contributed by atoms with Gasteiger partial charge in [-0.1, -0.05) is 19.8 Å². The molecule has 1 rings (SSSR count). The van der Waals surface area contributed by atoms with Gasteiger partial charge in [0.1, 0.15) is 0 Å². The zero-order valence-corrected chi connectivity index (χ0v) is 11.5. The Morgan fingerprint density at radius 3 is 2.89 bits per heavy atom. The highest BCUT2D eigenvalue weighted by atomic mass is 32.1. The van der Waals surface area contributed by atoms with Crippen molar-refractivity contribution in [2.45, 2.75) is 39.0 Å². The molecule has 0 atom stereocenters. The molecule has 1 aromatic heterocycles. The fourth-order valence-corrected chi connectivity index (χ4v) is 2.11. The lowest BCUT2D eigenvalue weighted by Crippen LogP contribution is -2.11. The summed E-state index contributed by atoms with van der Waals surface area (Å²) in [4.78, 5) is 26.7. The highest BCUT2D eigenvalue weighted by Crippen LogP contribution is 2.16. The number of thiazole rings is 1. The van der Waals surface area contributed by atoms with E-state index < -0.39 is 0 Å². The molecular weight excluding hydrogens is 252 g/mol. The number of anilines is 1. The lowest BCUT2D eigenvalue weighted by molar-refractivity contribution is -0.139. The molecule has 1 heterocycles. The van der Waals surface area contributed by atoms with E-state index in [0.717, 1.165) is 19.3 Å². The van der Waals surface area contributed by atoms with Crippen molar-refractivity contribution >= 4 is 28.3 Å². The van der Waals surface area contributed by atoms with Crippen molar-refractivity contribution in [3.63, 3.8) is 0 Å². The fraction of sp³-hybridized carbons (Fsp3) is 0.583. The van der Waals surface area contributed by atoms with Crippen LogP contribution in [-0.4, -0.2) is 24.0 Å². The highest BCUT2D eigenvalue weighted by Gasteiger charge is 2.09. The van der Waals surface area contributed by atoms with Crippen molar-refractivity contribution in [1.29, 1.82) is 0 Å². The molecule has 0 spiro atoms. The number of carbonyl (C=O) groups is 2. The van der Waals surface area contributed by atoms with Gasteiger partial charge in [-0.15, -0.1) is 11.3 Å². The number of carbonyl (C=O) groups excluding carboxylic acids is 2. The number of amides is 1. The lowest BCUT2D eigenvalue weighted by atomic mass is 10.2. The van der Waals surface area contributed by atoms with E-state index in [9.17, 15) is 9.59 Å². The number of esters is 1. The second kappa shape index (κ2) is 7.81. The van der Waals surface area contributed by atoms with E-state index in [1.54, 1.807) is 5.38 Å². The molecule has 0 fully saturated rings. The van der Waals surface area contributed by atoms with Gasteiger partial charge in [0.25, 0.3) is 0 Å². The van der Waals surface area contributed by atoms with Gasteiger partial charge in [0.2, 0.25) is 5.91 Å². The van der Waals surface area contributed by atoms with Gasteiger partial charge in [0.05, 0.1) is 19.2 Å². The van der Waals surface area contributed by atoms with Crippen LogP contribution in [0.1, 0.15) is 38.3 Å². The minimum absolute atomic E-state index is 0.0255. The van der Waals surface area contributed by atoms with Crippen LogP contribution < -0.4 is 5.32 Å². The van der Waals surface area contributed by atoms with Crippen LogP contribution in [0.5, 0.6) is 0 Å². The van der Waals surface area contributed by atoms with Crippen molar-refractivity contribution in [3.05, 3.63) is 11.1 Å². The summed E-state index contributed by atoms with van der Waals surface area (Å²) in [5.41, 5.74) is 0.621. The molecule has 0 aliphatic heterocycles. The van der Waals surface area contributed by atoms with Gasteiger partial charge in [-0.3, -0.25) is 9.59 Å². The Morgan fingerprint density at radius 1 is 1.44 bits per heavy atom. The standard InChI is InChI=1S/C12H18N2O3S/c1-3-4-5-6-10(15)14-12-13-9(8-18-12)7-11(16)17-2/h8H,3-7H2,1-2H3,(H,13,14,15). The number of unbranched alkanes of at least 4 members (excludes halogenated alkanes) is 2. The zero-order chi connectivity index (χ0) is 13.4. The van der Waals surface area contributed by atoms with E-state index in [0.29, 0.717) is 17.2 Å². The number of hydrogen-bond donors (Lipinski definition) is 1. The molecule has 0 unspecified atom stereocenters. The van der Waals surface area contributed by atoms with Crippen LogP contribution in [-0.2, 0) is 20.7 Å². The molecule has 6 heteroatoms. The molecule has 0 saturated carbocycles. The topological polar surface area (TPSA) is 68.3 Å². The Kier molecular flexibility index (Phi) is 6.35. The third-order valence-corrected chi connectivity index (χ3v) is 3.17. The quantitative estimate of drug-likeness (QED) is 0.610. The van der Waals surface area contributed by atoms with Crippen molar-refractivity contribution < 1.29 is 14.3 Å². The number of aromatic nitrogens is 1. The van der Waals surface area contributed by atoms with Gasteiger partial charge in [-0.25, -0.2) is 4.98 Å². The van der Waals surface area contributed by atoms with Crippen LogP contribution in [0, 0.1) is 0 Å². The molecular formula is C12H18N2O3S. The van der Waals surface area contributed by atoms with E-state index in [4.69, 9.17) is 0 Å². The van der Waals surface area contributed by atoms with E-state index in [-0.39, 0.29) is 18.3 Å². The second-order valence-corrected chi connectivity index (χ2v) is 4.76. The maximum absolute atomic E-state index is 11.5. The summed E-state index contributed by atoms with van der Waals surface area (Å²) < 4.78 is 4.55. The summed E-state index contributed by atoms with van der Waals surface area (Å²) in [5, 5.41) is 5.01. The Hall–Kier alpha value is -1.43. The van der Waals surface area contributed by atoms with Gasteiger partial charge in [0, 0.05) is 11.8 Å². The fourth-order valence-electron chi connectivity index (χ4n) is 1.38. The predicted octanol–water partition coefficient (Wildman–Crippen LogP) is 2.38. The number of hydrogen-bond acceptors (Lipinski definition) is 5.